The van der Waals surface area contributed by atoms with Gasteiger partial charge in [-0.3, -0.25) is 9.80 Å². The molecule has 0 amide bonds. The molecule has 8 heteroatoms. The summed E-state index contributed by atoms with van der Waals surface area (Å²) >= 11 is 0. The van der Waals surface area contributed by atoms with Crippen LogP contribution in [0.3, 0.4) is 0 Å². The average Bonchev–Trinajstić information content (AvgIpc) is 3.86. The third-order valence-electron chi connectivity index (χ3n) is 20.9. The Balaban J connectivity index is 1.06. The molecular weight excluding hydrogens is 761 g/mol. The largest absolute Gasteiger partial charge is 0.294 e. The summed E-state index contributed by atoms with van der Waals surface area (Å²) in [4.78, 5) is 6.19. The van der Waals surface area contributed by atoms with Crippen LogP contribution in [-0.2, 0) is 0 Å². The summed E-state index contributed by atoms with van der Waals surface area (Å²) in [7, 11) is 0. The number of fused-ring (bicyclic) bond motifs is 6. The zero-order valence-electron chi connectivity index (χ0n) is 37.7. The monoisotopic (exact) mass is 835 g/mol. The Hall–Kier alpha value is -3.14. The highest BCUT2D eigenvalue weighted by atomic mass is 15.3. The van der Waals surface area contributed by atoms with E-state index in [-0.39, 0.29) is 65.2 Å². The van der Waals surface area contributed by atoms with Gasteiger partial charge in [-0.2, -0.15) is 31.6 Å². The first-order valence-corrected chi connectivity index (χ1v) is 26.4. The summed E-state index contributed by atoms with van der Waals surface area (Å²) in [6.07, 6.45) is 30.6. The van der Waals surface area contributed by atoms with E-state index in [0.717, 1.165) is 30.3 Å². The minimum absolute atomic E-state index is 0.0444. The zero-order valence-corrected chi connectivity index (χ0v) is 37.7. The first-order chi connectivity index (χ1) is 30.5. The van der Waals surface area contributed by atoms with Gasteiger partial charge in [0.2, 0.25) is 0 Å². The smallest absolute Gasteiger partial charge is 0.0659 e. The molecule has 0 aromatic heterocycles. The predicted molar refractivity (Wildman–Crippen MR) is 236 cm³/mol. The molecular formula is C54H74N8. The van der Waals surface area contributed by atoms with Crippen LogP contribution in [0.5, 0.6) is 0 Å². The standard InChI is InChI=1S/C54H74N8/c55-27-33-22-36(29-57)50(37(23-33)30-58)46-26-45(35-18-20-41(21-19-35)61-47-15-7-4-12-42(47)43-13-5-8-16-48(43)61)52(51-38(31-59)24-34(28-56)25-39(51)32-60)53-44-14-6-9-17-49(44)62(54(46)53)40-10-2-1-3-11-40/h33-54H,1-26H2. The number of rotatable bonds is 5. The predicted octanol–water partition coefficient (Wildman–Crippen LogP) is 11.1. The quantitative estimate of drug-likeness (QED) is 0.266. The van der Waals surface area contributed by atoms with E-state index in [1.54, 1.807) is 0 Å². The Morgan fingerprint density at radius 2 is 0.742 bits per heavy atom. The van der Waals surface area contributed by atoms with Crippen molar-refractivity contribution in [3.63, 3.8) is 0 Å². The summed E-state index contributed by atoms with van der Waals surface area (Å²) < 4.78 is 0. The van der Waals surface area contributed by atoms with Crippen molar-refractivity contribution in [2.24, 2.45) is 94.7 Å². The van der Waals surface area contributed by atoms with Crippen molar-refractivity contribution in [1.29, 1.82) is 31.6 Å². The SMILES string of the molecule is N#CC1CC(C#N)C(C2CC(C3CCC(N4C5CCCCC5C5CCCCC54)CC3)C(C3C(C#N)CC(C#N)CC3C#N)C3C4CCCCC4N(C4CCCCC4)C23)C(C#N)C1. The van der Waals surface area contributed by atoms with Crippen molar-refractivity contribution in [2.75, 3.05) is 0 Å². The number of nitriles is 6. The number of hydrogen-bond donors (Lipinski definition) is 0. The minimum Gasteiger partial charge on any atom is -0.294 e. The lowest BCUT2D eigenvalue weighted by atomic mass is 9.46. The highest BCUT2D eigenvalue weighted by molar-refractivity contribution is 5.20. The van der Waals surface area contributed by atoms with E-state index in [1.807, 2.05) is 0 Å². The summed E-state index contributed by atoms with van der Waals surface area (Å²) in [6.45, 7) is 0. The first-order valence-electron chi connectivity index (χ1n) is 26.4. The fraction of sp³-hybridized carbons (Fsp3) is 0.889. The molecule has 0 aromatic rings. The summed E-state index contributed by atoms with van der Waals surface area (Å²) in [6, 6.07) is 19.6. The van der Waals surface area contributed by atoms with Crippen LogP contribution in [0.1, 0.15) is 167 Å². The van der Waals surface area contributed by atoms with Crippen LogP contribution in [-0.4, -0.2) is 46.1 Å². The van der Waals surface area contributed by atoms with Gasteiger partial charge in [-0.15, -0.1) is 0 Å². The Morgan fingerprint density at radius 3 is 1.24 bits per heavy atom. The van der Waals surface area contributed by atoms with Gasteiger partial charge < -0.3 is 0 Å². The second-order valence-electron chi connectivity index (χ2n) is 23.2. The zero-order chi connectivity index (χ0) is 42.5. The maximum absolute atomic E-state index is 11.1. The molecule has 2 aliphatic heterocycles. The van der Waals surface area contributed by atoms with Crippen LogP contribution in [0.25, 0.3) is 0 Å². The average molecular weight is 835 g/mol. The highest BCUT2D eigenvalue weighted by Crippen LogP contribution is 2.65. The van der Waals surface area contributed by atoms with Crippen molar-refractivity contribution in [3.8, 4) is 36.4 Å². The van der Waals surface area contributed by atoms with Gasteiger partial charge >= 0.3 is 0 Å². The lowest BCUT2D eigenvalue weighted by Crippen LogP contribution is -2.59. The van der Waals surface area contributed by atoms with Crippen LogP contribution >= 0.6 is 0 Å². The summed E-state index contributed by atoms with van der Waals surface area (Å²) in [5.41, 5.74) is 0. The molecule has 2 heterocycles. The Kier molecular flexibility index (Phi) is 12.7. The molecule has 15 atom stereocenters. The molecule has 8 saturated carbocycles. The van der Waals surface area contributed by atoms with Crippen LogP contribution < -0.4 is 0 Å². The van der Waals surface area contributed by atoms with Crippen molar-refractivity contribution in [3.05, 3.63) is 0 Å². The van der Waals surface area contributed by atoms with Gasteiger partial charge in [0.05, 0.1) is 60.1 Å². The Labute approximate surface area is 374 Å². The molecule has 2 saturated heterocycles. The van der Waals surface area contributed by atoms with Crippen LogP contribution in [0.15, 0.2) is 0 Å². The third-order valence-corrected chi connectivity index (χ3v) is 20.9. The van der Waals surface area contributed by atoms with E-state index in [1.165, 1.54) is 135 Å². The van der Waals surface area contributed by atoms with Gasteiger partial charge in [-0.25, -0.2) is 0 Å². The first kappa shape index (κ1) is 42.8. The third kappa shape index (κ3) is 7.30. The van der Waals surface area contributed by atoms with Gasteiger partial charge in [0.1, 0.15) is 0 Å². The maximum atomic E-state index is 11.1. The molecule has 8 aliphatic carbocycles. The second-order valence-corrected chi connectivity index (χ2v) is 23.2. The van der Waals surface area contributed by atoms with Crippen LogP contribution in [0.4, 0.5) is 0 Å². The maximum Gasteiger partial charge on any atom is 0.0659 e. The lowest BCUT2D eigenvalue weighted by molar-refractivity contribution is -0.0973. The lowest BCUT2D eigenvalue weighted by Gasteiger charge is -2.58. The van der Waals surface area contributed by atoms with E-state index in [9.17, 15) is 31.6 Å². The normalized spacial score (nSPS) is 49.7. The molecule has 0 aromatic carbocycles. The molecule has 10 aliphatic rings. The van der Waals surface area contributed by atoms with Gasteiger partial charge in [0.25, 0.3) is 0 Å². The van der Waals surface area contributed by atoms with E-state index in [0.29, 0.717) is 67.5 Å². The molecule has 8 nitrogen and oxygen atoms in total. The Morgan fingerprint density at radius 1 is 0.306 bits per heavy atom. The number of nitrogens with zero attached hydrogens (tertiary/aromatic N) is 8. The van der Waals surface area contributed by atoms with Crippen molar-refractivity contribution in [2.45, 2.75) is 203 Å². The van der Waals surface area contributed by atoms with Crippen LogP contribution in [0, 0.1) is 163 Å². The van der Waals surface area contributed by atoms with Crippen LogP contribution in [0.2, 0.25) is 0 Å². The topological polar surface area (TPSA) is 149 Å². The minimum atomic E-state index is -0.306. The van der Waals surface area contributed by atoms with Gasteiger partial charge in [0.15, 0.2) is 0 Å². The molecule has 0 spiro atoms. The van der Waals surface area contributed by atoms with E-state index in [4.69, 9.17) is 0 Å². The van der Waals surface area contributed by atoms with Crippen molar-refractivity contribution in [1.82, 2.24) is 9.80 Å². The van der Waals surface area contributed by atoms with Crippen molar-refractivity contribution >= 4 is 0 Å². The fourth-order valence-electron chi connectivity index (χ4n) is 19.0. The van der Waals surface area contributed by atoms with E-state index in [2.05, 4.69) is 46.2 Å². The molecule has 0 radical (unpaired) electrons. The van der Waals surface area contributed by atoms with Gasteiger partial charge in [-0.1, -0.05) is 57.8 Å². The molecule has 10 rings (SSSR count). The van der Waals surface area contributed by atoms with E-state index < -0.39 is 0 Å². The van der Waals surface area contributed by atoms with E-state index >= 15 is 0 Å². The molecule has 0 bridgehead atoms. The molecule has 0 N–H and O–H groups in total. The molecule has 10 fully saturated rings. The van der Waals surface area contributed by atoms with Gasteiger partial charge in [-0.05, 0) is 168 Å². The summed E-state index contributed by atoms with van der Waals surface area (Å²) in [5, 5.41) is 64.9. The number of hydrogen-bond acceptors (Lipinski definition) is 8. The van der Waals surface area contributed by atoms with Crippen molar-refractivity contribution < 1.29 is 0 Å². The molecule has 62 heavy (non-hydrogen) atoms. The summed E-state index contributed by atoms with van der Waals surface area (Å²) in [5.74, 6) is 2.09. The van der Waals surface area contributed by atoms with Gasteiger partial charge in [0, 0.05) is 48.1 Å². The Bertz CT molecular complexity index is 1790. The highest BCUT2D eigenvalue weighted by Gasteiger charge is 2.66. The number of likely N-dealkylation sites (tertiary alicyclic amines) is 2. The molecule has 330 valence electrons. The molecule has 15 unspecified atom stereocenters. The fourth-order valence-corrected chi connectivity index (χ4v) is 19.0. The second kappa shape index (κ2) is 18.4.